The Morgan fingerprint density at radius 2 is 2.00 bits per heavy atom. The van der Waals surface area contributed by atoms with E-state index >= 15 is 0 Å². The third-order valence-corrected chi connectivity index (χ3v) is 7.00. The first-order valence-electron chi connectivity index (χ1n) is 10.4. The summed E-state index contributed by atoms with van der Waals surface area (Å²) in [7, 11) is 0. The molecule has 2 aliphatic rings. The van der Waals surface area contributed by atoms with Gasteiger partial charge in [-0.2, -0.15) is 0 Å². The number of aromatic nitrogens is 2. The number of benzene rings is 1. The Hall–Kier alpha value is -3.20. The lowest BCUT2D eigenvalue weighted by atomic mass is 9.77. The number of rotatable bonds is 4. The van der Waals surface area contributed by atoms with Gasteiger partial charge in [0.15, 0.2) is 4.96 Å². The molecule has 2 aromatic heterocycles. The van der Waals surface area contributed by atoms with E-state index in [4.69, 9.17) is 0 Å². The lowest BCUT2D eigenvalue weighted by Crippen LogP contribution is -2.49. The van der Waals surface area contributed by atoms with Crippen molar-refractivity contribution in [3.05, 3.63) is 42.0 Å². The summed E-state index contributed by atoms with van der Waals surface area (Å²) in [5.74, 6) is -0.135. The fourth-order valence-electron chi connectivity index (χ4n) is 4.35. The summed E-state index contributed by atoms with van der Waals surface area (Å²) in [6.45, 7) is 1.86. The molecule has 0 unspecified atom stereocenters. The molecule has 3 aromatic rings. The second kappa shape index (κ2) is 7.49. The third kappa shape index (κ3) is 3.59. The first kappa shape index (κ1) is 19.7. The van der Waals surface area contributed by atoms with E-state index in [0.29, 0.717) is 24.4 Å². The summed E-state index contributed by atoms with van der Waals surface area (Å²) in [5.41, 5.74) is 1.57. The van der Waals surface area contributed by atoms with Crippen LogP contribution in [0.25, 0.3) is 16.2 Å². The maximum absolute atomic E-state index is 12.9. The Kier molecular flexibility index (Phi) is 4.77. The van der Waals surface area contributed by atoms with Crippen LogP contribution in [0.1, 0.15) is 32.6 Å². The van der Waals surface area contributed by atoms with Gasteiger partial charge in [0.05, 0.1) is 5.69 Å². The molecule has 0 bridgehead atoms. The molecular weight excluding hydrogens is 414 g/mol. The van der Waals surface area contributed by atoms with Crippen LogP contribution >= 0.6 is 11.3 Å². The first-order chi connectivity index (χ1) is 14.9. The number of carbonyl (C=O) groups is 3. The van der Waals surface area contributed by atoms with Crippen LogP contribution < -0.4 is 10.6 Å². The number of anilines is 1. The molecule has 31 heavy (non-hydrogen) atoms. The number of amides is 4. The van der Waals surface area contributed by atoms with E-state index < -0.39 is 17.5 Å². The number of nitrogens with one attached hydrogen (secondary N) is 2. The highest BCUT2D eigenvalue weighted by molar-refractivity contribution is 7.15. The summed E-state index contributed by atoms with van der Waals surface area (Å²) in [6.07, 6.45) is 6.96. The molecule has 0 radical (unpaired) electrons. The predicted molar refractivity (Wildman–Crippen MR) is 118 cm³/mol. The SMILES string of the molecule is CC1CCC2(CC1)NC(=O)N(CC(=O)Nc1ccc(-c3cn4ccsc4n3)cc1)C2=O. The minimum absolute atomic E-state index is 0.283. The van der Waals surface area contributed by atoms with Crippen molar-refractivity contribution in [2.24, 2.45) is 5.92 Å². The Bertz CT molecular complexity index is 1130. The van der Waals surface area contributed by atoms with Gasteiger partial charge in [0.1, 0.15) is 12.1 Å². The van der Waals surface area contributed by atoms with E-state index in [1.165, 1.54) is 0 Å². The standard InChI is InChI=1S/C22H23N5O3S/c1-14-6-8-22(9-7-14)19(29)27(20(30)25-22)13-18(28)23-16-4-2-15(3-5-16)17-12-26-10-11-31-21(26)24-17/h2-5,10-12,14H,6-9,13H2,1H3,(H,23,28)(H,25,30). The highest BCUT2D eigenvalue weighted by Crippen LogP contribution is 2.36. The van der Waals surface area contributed by atoms with Crippen molar-refractivity contribution in [2.45, 2.75) is 38.1 Å². The first-order valence-corrected chi connectivity index (χ1v) is 11.3. The van der Waals surface area contributed by atoms with Crippen LogP contribution in [-0.2, 0) is 9.59 Å². The van der Waals surface area contributed by atoms with Crippen LogP contribution in [-0.4, -0.2) is 44.2 Å². The number of thiazole rings is 1. The van der Waals surface area contributed by atoms with Crippen LogP contribution in [0.15, 0.2) is 42.0 Å². The molecule has 3 heterocycles. The van der Waals surface area contributed by atoms with Gasteiger partial charge in [0, 0.05) is 29.0 Å². The molecule has 1 saturated heterocycles. The van der Waals surface area contributed by atoms with Crippen LogP contribution in [0.4, 0.5) is 10.5 Å². The van der Waals surface area contributed by atoms with Gasteiger partial charge in [-0.15, -0.1) is 11.3 Å². The summed E-state index contributed by atoms with van der Waals surface area (Å²) in [4.78, 5) is 44.3. The smallest absolute Gasteiger partial charge is 0.325 e. The minimum atomic E-state index is -0.830. The van der Waals surface area contributed by atoms with Crippen molar-refractivity contribution < 1.29 is 14.4 Å². The minimum Gasteiger partial charge on any atom is -0.325 e. The lowest BCUT2D eigenvalue weighted by Gasteiger charge is -2.33. The normalized spacial score (nSPS) is 23.5. The summed E-state index contributed by atoms with van der Waals surface area (Å²) in [5, 5.41) is 7.59. The van der Waals surface area contributed by atoms with Crippen molar-refractivity contribution in [1.82, 2.24) is 19.6 Å². The van der Waals surface area contributed by atoms with Gasteiger partial charge < -0.3 is 10.6 Å². The second-order valence-corrected chi connectivity index (χ2v) is 9.30. The number of imide groups is 1. The molecular formula is C22H23N5O3S. The Balaban J connectivity index is 1.23. The summed E-state index contributed by atoms with van der Waals surface area (Å²) < 4.78 is 1.97. The molecule has 160 valence electrons. The Morgan fingerprint density at radius 1 is 1.26 bits per heavy atom. The fraction of sp³-hybridized carbons (Fsp3) is 0.364. The molecule has 9 heteroatoms. The zero-order valence-corrected chi connectivity index (χ0v) is 17.9. The van der Waals surface area contributed by atoms with Gasteiger partial charge in [0.25, 0.3) is 5.91 Å². The van der Waals surface area contributed by atoms with E-state index in [-0.39, 0.29) is 12.5 Å². The van der Waals surface area contributed by atoms with Gasteiger partial charge in [0.2, 0.25) is 5.91 Å². The number of fused-ring (bicyclic) bond motifs is 1. The monoisotopic (exact) mass is 437 g/mol. The highest BCUT2D eigenvalue weighted by atomic mass is 32.1. The van der Waals surface area contributed by atoms with E-state index in [0.717, 1.165) is 34.0 Å². The number of imidazole rings is 1. The second-order valence-electron chi connectivity index (χ2n) is 8.43. The van der Waals surface area contributed by atoms with E-state index in [9.17, 15) is 14.4 Å². The van der Waals surface area contributed by atoms with Gasteiger partial charge in [-0.25, -0.2) is 9.78 Å². The number of hydrogen-bond acceptors (Lipinski definition) is 5. The lowest BCUT2D eigenvalue weighted by molar-refractivity contribution is -0.135. The van der Waals surface area contributed by atoms with Crippen LogP contribution in [0.2, 0.25) is 0 Å². The van der Waals surface area contributed by atoms with E-state index in [1.54, 1.807) is 23.5 Å². The van der Waals surface area contributed by atoms with Gasteiger partial charge in [-0.3, -0.25) is 18.9 Å². The molecule has 4 amide bonds. The Labute approximate surface area is 183 Å². The third-order valence-electron chi connectivity index (χ3n) is 6.23. The largest absolute Gasteiger partial charge is 0.325 e. The average molecular weight is 438 g/mol. The van der Waals surface area contributed by atoms with Gasteiger partial charge in [-0.05, 0) is 43.7 Å². The highest BCUT2D eigenvalue weighted by Gasteiger charge is 2.52. The van der Waals surface area contributed by atoms with Crippen LogP contribution in [0.3, 0.4) is 0 Å². The molecule has 1 aromatic carbocycles. The van der Waals surface area contributed by atoms with E-state index in [1.807, 2.05) is 34.3 Å². The maximum atomic E-state index is 12.9. The summed E-state index contributed by atoms with van der Waals surface area (Å²) >= 11 is 1.57. The maximum Gasteiger partial charge on any atom is 0.325 e. The number of nitrogens with zero attached hydrogens (tertiary/aromatic N) is 3. The van der Waals surface area contributed by atoms with E-state index in [2.05, 4.69) is 22.5 Å². The molecule has 8 nitrogen and oxygen atoms in total. The van der Waals surface area contributed by atoms with Gasteiger partial charge in [-0.1, -0.05) is 19.1 Å². The molecule has 2 N–H and O–H groups in total. The zero-order valence-electron chi connectivity index (χ0n) is 17.1. The summed E-state index contributed by atoms with van der Waals surface area (Å²) in [6, 6.07) is 6.86. The molecule has 1 saturated carbocycles. The Morgan fingerprint density at radius 3 is 2.71 bits per heavy atom. The van der Waals surface area contributed by atoms with Crippen molar-refractivity contribution in [2.75, 3.05) is 11.9 Å². The van der Waals surface area contributed by atoms with Crippen molar-refractivity contribution in [3.63, 3.8) is 0 Å². The molecule has 1 aliphatic heterocycles. The number of carbonyl (C=O) groups excluding carboxylic acids is 3. The van der Waals surface area contributed by atoms with Gasteiger partial charge >= 0.3 is 6.03 Å². The average Bonchev–Trinajstić information content (AvgIpc) is 3.41. The van der Waals surface area contributed by atoms with Crippen molar-refractivity contribution >= 4 is 39.8 Å². The number of hydrogen-bond donors (Lipinski definition) is 2. The zero-order chi connectivity index (χ0) is 21.6. The molecule has 2 fully saturated rings. The quantitative estimate of drug-likeness (QED) is 0.611. The molecule has 5 rings (SSSR count). The predicted octanol–water partition coefficient (Wildman–Crippen LogP) is 3.50. The van der Waals surface area contributed by atoms with Crippen molar-refractivity contribution in [1.29, 1.82) is 0 Å². The van der Waals surface area contributed by atoms with Crippen molar-refractivity contribution in [3.8, 4) is 11.3 Å². The fourth-order valence-corrected chi connectivity index (χ4v) is 5.05. The number of urea groups is 1. The van der Waals surface area contributed by atoms with Crippen LogP contribution in [0, 0.1) is 5.92 Å². The molecule has 1 spiro atoms. The van der Waals surface area contributed by atoms with Crippen LogP contribution in [0.5, 0.6) is 0 Å². The molecule has 0 atom stereocenters. The topological polar surface area (TPSA) is 95.8 Å². The molecule has 1 aliphatic carbocycles.